The summed E-state index contributed by atoms with van der Waals surface area (Å²) >= 11 is 0. The summed E-state index contributed by atoms with van der Waals surface area (Å²) in [4.78, 5) is 10.2. The van der Waals surface area contributed by atoms with Gasteiger partial charge in [0.25, 0.3) is 15.7 Å². The number of nitro benzene ring substituents is 1. The molecule has 0 aromatic heterocycles. The molecular formula is C15H15N3O4S. The number of nitrogens with two attached hydrogens (primary N) is 1. The van der Waals surface area contributed by atoms with Gasteiger partial charge in [0.05, 0.1) is 15.5 Å². The van der Waals surface area contributed by atoms with Crippen molar-refractivity contribution in [3.8, 4) is 0 Å². The number of fused-ring (bicyclic) bond motifs is 1. The highest BCUT2D eigenvalue weighted by Crippen LogP contribution is 2.39. The predicted octanol–water partition coefficient (Wildman–Crippen LogP) is 1.85. The van der Waals surface area contributed by atoms with E-state index in [-0.39, 0.29) is 23.0 Å². The molecule has 1 unspecified atom stereocenters. The summed E-state index contributed by atoms with van der Waals surface area (Å²) in [6.45, 7) is 0.623. The lowest BCUT2D eigenvalue weighted by Crippen LogP contribution is -2.31. The summed E-state index contributed by atoms with van der Waals surface area (Å²) in [5.41, 5.74) is 7.12. The van der Waals surface area contributed by atoms with Crippen LogP contribution in [0, 0.1) is 10.1 Å². The lowest BCUT2D eigenvalue weighted by molar-refractivity contribution is -0.384. The SMILES string of the molecule is NCC1CN(S(=O)(=O)c2ccc([N+](=O)[O-])cc2)c2ccccc21. The first kappa shape index (κ1) is 15.4. The van der Waals surface area contributed by atoms with Gasteiger partial charge in [-0.3, -0.25) is 14.4 Å². The van der Waals surface area contributed by atoms with Gasteiger partial charge < -0.3 is 5.73 Å². The Labute approximate surface area is 133 Å². The molecule has 0 amide bonds. The maximum absolute atomic E-state index is 12.9. The minimum atomic E-state index is -3.78. The van der Waals surface area contributed by atoms with Crippen molar-refractivity contribution in [3.63, 3.8) is 0 Å². The summed E-state index contributed by atoms with van der Waals surface area (Å²) in [6.07, 6.45) is 0. The molecule has 0 radical (unpaired) electrons. The molecule has 120 valence electrons. The van der Waals surface area contributed by atoms with Crippen LogP contribution in [0.15, 0.2) is 53.4 Å². The number of rotatable bonds is 4. The maximum atomic E-state index is 12.9. The van der Waals surface area contributed by atoms with Crippen LogP contribution in [0.3, 0.4) is 0 Å². The topological polar surface area (TPSA) is 107 Å². The quantitative estimate of drug-likeness (QED) is 0.679. The van der Waals surface area contributed by atoms with E-state index in [4.69, 9.17) is 5.73 Å². The Balaban J connectivity index is 2.02. The Morgan fingerprint density at radius 1 is 1.17 bits per heavy atom. The minimum absolute atomic E-state index is 0.0237. The van der Waals surface area contributed by atoms with Crippen LogP contribution in [0.2, 0.25) is 0 Å². The number of nitro groups is 1. The van der Waals surface area contributed by atoms with Crippen LogP contribution in [0.1, 0.15) is 11.5 Å². The molecule has 3 rings (SSSR count). The van der Waals surface area contributed by atoms with Gasteiger partial charge in [-0.25, -0.2) is 8.42 Å². The number of sulfonamides is 1. The van der Waals surface area contributed by atoms with Crippen LogP contribution in [-0.4, -0.2) is 26.4 Å². The Hall–Kier alpha value is -2.45. The summed E-state index contributed by atoms with van der Waals surface area (Å²) in [5.74, 6) is -0.0565. The number of benzene rings is 2. The van der Waals surface area contributed by atoms with Crippen molar-refractivity contribution in [2.75, 3.05) is 17.4 Å². The van der Waals surface area contributed by atoms with E-state index in [2.05, 4.69) is 0 Å². The highest BCUT2D eigenvalue weighted by atomic mass is 32.2. The molecule has 0 saturated carbocycles. The van der Waals surface area contributed by atoms with E-state index in [9.17, 15) is 18.5 Å². The van der Waals surface area contributed by atoms with Crippen molar-refractivity contribution in [1.82, 2.24) is 0 Å². The average Bonchev–Trinajstić information content (AvgIpc) is 2.94. The van der Waals surface area contributed by atoms with E-state index in [0.717, 1.165) is 5.56 Å². The highest BCUT2D eigenvalue weighted by molar-refractivity contribution is 7.92. The molecule has 0 fully saturated rings. The molecule has 1 aliphatic rings. The van der Waals surface area contributed by atoms with Gasteiger partial charge in [0.2, 0.25) is 0 Å². The molecule has 1 atom stereocenters. The molecule has 1 aliphatic heterocycles. The Kier molecular flexibility index (Phi) is 3.78. The fourth-order valence-electron chi connectivity index (χ4n) is 2.75. The highest BCUT2D eigenvalue weighted by Gasteiger charge is 2.35. The smallest absolute Gasteiger partial charge is 0.269 e. The molecule has 2 aromatic carbocycles. The molecule has 0 aliphatic carbocycles. The van der Waals surface area contributed by atoms with E-state index in [1.165, 1.54) is 28.6 Å². The molecule has 7 nitrogen and oxygen atoms in total. The van der Waals surface area contributed by atoms with E-state index in [0.29, 0.717) is 12.2 Å². The van der Waals surface area contributed by atoms with Crippen molar-refractivity contribution in [2.24, 2.45) is 5.73 Å². The largest absolute Gasteiger partial charge is 0.330 e. The molecule has 2 N–H and O–H groups in total. The lowest BCUT2D eigenvalue weighted by Gasteiger charge is -2.20. The number of non-ortho nitro benzene ring substituents is 1. The molecule has 1 heterocycles. The van der Waals surface area contributed by atoms with Crippen LogP contribution in [0.25, 0.3) is 0 Å². The molecule has 23 heavy (non-hydrogen) atoms. The number of hydrogen-bond donors (Lipinski definition) is 1. The standard InChI is InChI=1S/C15H15N3O4S/c16-9-11-10-17(15-4-2-1-3-14(11)15)23(21,22)13-7-5-12(6-8-13)18(19)20/h1-8,11H,9-10,16H2. The summed E-state index contributed by atoms with van der Waals surface area (Å²) in [7, 11) is -3.78. The monoisotopic (exact) mass is 333 g/mol. The summed E-state index contributed by atoms with van der Waals surface area (Å²) < 4.78 is 27.0. The molecular weight excluding hydrogens is 318 g/mol. The number of para-hydroxylation sites is 1. The third-order valence-electron chi connectivity index (χ3n) is 3.95. The third-order valence-corrected chi connectivity index (χ3v) is 5.75. The fourth-order valence-corrected chi connectivity index (χ4v) is 4.29. The van der Waals surface area contributed by atoms with Crippen LogP contribution in [0.4, 0.5) is 11.4 Å². The van der Waals surface area contributed by atoms with Gasteiger partial charge in [0, 0.05) is 31.1 Å². The van der Waals surface area contributed by atoms with Crippen LogP contribution >= 0.6 is 0 Å². The Morgan fingerprint density at radius 3 is 2.43 bits per heavy atom. The first-order valence-electron chi connectivity index (χ1n) is 7.01. The zero-order chi connectivity index (χ0) is 16.6. The van der Waals surface area contributed by atoms with Crippen molar-refractivity contribution in [3.05, 3.63) is 64.2 Å². The van der Waals surface area contributed by atoms with Crippen molar-refractivity contribution < 1.29 is 13.3 Å². The first-order valence-corrected chi connectivity index (χ1v) is 8.45. The second-order valence-electron chi connectivity index (χ2n) is 5.28. The van der Waals surface area contributed by atoms with E-state index < -0.39 is 14.9 Å². The van der Waals surface area contributed by atoms with Crippen LogP contribution < -0.4 is 10.0 Å². The zero-order valence-corrected chi connectivity index (χ0v) is 12.9. The second kappa shape index (κ2) is 5.64. The van der Waals surface area contributed by atoms with E-state index in [1.807, 2.05) is 12.1 Å². The third kappa shape index (κ3) is 2.55. The maximum Gasteiger partial charge on any atom is 0.269 e. The first-order chi connectivity index (χ1) is 10.9. The zero-order valence-electron chi connectivity index (χ0n) is 12.1. The Morgan fingerprint density at radius 2 is 1.83 bits per heavy atom. The van der Waals surface area contributed by atoms with Gasteiger partial charge in [-0.1, -0.05) is 18.2 Å². The van der Waals surface area contributed by atoms with Crippen molar-refractivity contribution in [1.29, 1.82) is 0 Å². The average molecular weight is 333 g/mol. The van der Waals surface area contributed by atoms with Crippen molar-refractivity contribution in [2.45, 2.75) is 10.8 Å². The second-order valence-corrected chi connectivity index (χ2v) is 7.14. The molecule has 2 aromatic rings. The van der Waals surface area contributed by atoms with E-state index in [1.54, 1.807) is 12.1 Å². The van der Waals surface area contributed by atoms with Gasteiger partial charge in [-0.15, -0.1) is 0 Å². The van der Waals surface area contributed by atoms with Crippen molar-refractivity contribution >= 4 is 21.4 Å². The predicted molar refractivity (Wildman–Crippen MR) is 85.9 cm³/mol. The number of anilines is 1. The summed E-state index contributed by atoms with van der Waals surface area (Å²) in [6, 6.07) is 12.1. The molecule has 0 spiro atoms. The van der Waals surface area contributed by atoms with Gasteiger partial charge >= 0.3 is 0 Å². The molecule has 0 saturated heterocycles. The fraction of sp³-hybridized carbons (Fsp3) is 0.200. The van der Waals surface area contributed by atoms with Gasteiger partial charge in [-0.05, 0) is 23.8 Å². The summed E-state index contributed by atoms with van der Waals surface area (Å²) in [5, 5.41) is 10.7. The van der Waals surface area contributed by atoms with Crippen LogP contribution in [-0.2, 0) is 10.0 Å². The molecule has 0 bridgehead atoms. The minimum Gasteiger partial charge on any atom is -0.330 e. The van der Waals surface area contributed by atoms with Gasteiger partial charge in [0.15, 0.2) is 0 Å². The number of hydrogen-bond acceptors (Lipinski definition) is 5. The van der Waals surface area contributed by atoms with Gasteiger partial charge in [-0.2, -0.15) is 0 Å². The number of nitrogens with zero attached hydrogens (tertiary/aromatic N) is 2. The normalized spacial score (nSPS) is 17.1. The van der Waals surface area contributed by atoms with E-state index >= 15 is 0 Å². The Bertz CT molecular complexity index is 849. The van der Waals surface area contributed by atoms with Crippen LogP contribution in [0.5, 0.6) is 0 Å². The molecule has 8 heteroatoms. The lowest BCUT2D eigenvalue weighted by atomic mass is 10.0. The van der Waals surface area contributed by atoms with Gasteiger partial charge in [0.1, 0.15) is 0 Å².